The SMILES string of the molecule is [2H]C1([2H])N(C(=O)Nc2cc3nc(CC)ccc3c3c2C(c2cc(F)ccc2Cl)NC3=C=O)c2ccccc2C1(O)C(F)(F)F. The molecule has 42 heavy (non-hydrogen) atoms. The standard InChI is InChI=1S/C30H21ClF4N4O3/c1-2-16-8-9-17-21(36-16)12-22(26-25(17)23(13-40)37-27(26)18-11-15(32)7-10-20(18)31)38-28(41)39-14-29(42,30(33,34)35)19-5-3-4-6-24(19)39/h3-12,27,37,42H,2,14H2,1H3,(H,38,41)/i14D2. The van der Waals surface area contributed by atoms with Gasteiger partial charge in [-0.05, 0) is 42.8 Å². The predicted molar refractivity (Wildman–Crippen MR) is 149 cm³/mol. The Hall–Kier alpha value is -4.44. The van der Waals surface area contributed by atoms with Crippen LogP contribution in [0.5, 0.6) is 0 Å². The molecule has 2 unspecified atom stereocenters. The highest BCUT2D eigenvalue weighted by molar-refractivity contribution is 6.31. The fraction of sp³-hybridized carbons (Fsp3) is 0.200. The maximum absolute atomic E-state index is 14.4. The first kappa shape index (κ1) is 25.3. The number of rotatable bonds is 3. The molecule has 2 aliphatic rings. The molecule has 0 spiro atoms. The van der Waals surface area contributed by atoms with Crippen molar-refractivity contribution in [1.82, 2.24) is 10.3 Å². The Kier molecular flexibility index (Phi) is 5.92. The molecule has 2 atom stereocenters. The highest BCUT2D eigenvalue weighted by Gasteiger charge is 2.61. The predicted octanol–water partition coefficient (Wildman–Crippen LogP) is 6.26. The summed E-state index contributed by atoms with van der Waals surface area (Å²) in [6, 6.07) is 10.5. The molecule has 2 amide bonds. The largest absolute Gasteiger partial charge is 0.423 e. The summed E-state index contributed by atoms with van der Waals surface area (Å²) in [5, 5.41) is 16.8. The smallest absolute Gasteiger partial charge is 0.375 e. The molecule has 3 N–H and O–H groups in total. The van der Waals surface area contributed by atoms with E-state index in [0.29, 0.717) is 23.0 Å². The zero-order valence-corrected chi connectivity index (χ0v) is 22.4. The Morgan fingerprint density at radius 1 is 1.26 bits per heavy atom. The summed E-state index contributed by atoms with van der Waals surface area (Å²) in [6.07, 6.45) is -4.97. The first-order valence-corrected chi connectivity index (χ1v) is 13.1. The van der Waals surface area contributed by atoms with Crippen molar-refractivity contribution in [2.45, 2.75) is 31.2 Å². The normalized spacial score (nSPS) is 21.3. The number of benzene rings is 3. The second-order valence-corrected chi connectivity index (χ2v) is 10.2. The minimum absolute atomic E-state index is 0.0641. The summed E-state index contributed by atoms with van der Waals surface area (Å²) in [5.74, 6) is 1.17. The quantitative estimate of drug-likeness (QED) is 0.191. The minimum Gasteiger partial charge on any atom is -0.375 e. The van der Waals surface area contributed by atoms with Crippen LogP contribution >= 0.6 is 11.6 Å². The molecule has 3 heterocycles. The van der Waals surface area contributed by atoms with Gasteiger partial charge >= 0.3 is 12.2 Å². The van der Waals surface area contributed by atoms with Gasteiger partial charge in [0, 0.05) is 38.4 Å². The average molecular weight is 599 g/mol. The molecule has 3 aromatic carbocycles. The van der Waals surface area contributed by atoms with E-state index in [1.54, 1.807) is 12.1 Å². The van der Waals surface area contributed by atoms with Crippen LogP contribution in [0.4, 0.5) is 33.7 Å². The first-order valence-electron chi connectivity index (χ1n) is 13.7. The average Bonchev–Trinajstić information content (AvgIpc) is 3.45. The second-order valence-electron chi connectivity index (χ2n) is 9.76. The van der Waals surface area contributed by atoms with Gasteiger partial charge in [-0.15, -0.1) is 0 Å². The van der Waals surface area contributed by atoms with Gasteiger partial charge in [-0.1, -0.05) is 42.8 Å². The molecule has 0 saturated heterocycles. The van der Waals surface area contributed by atoms with Gasteiger partial charge in [0.05, 0.1) is 32.2 Å². The lowest BCUT2D eigenvalue weighted by Gasteiger charge is -2.27. The highest BCUT2D eigenvalue weighted by atomic mass is 35.5. The molecule has 7 nitrogen and oxygen atoms in total. The molecule has 2 aliphatic heterocycles. The lowest BCUT2D eigenvalue weighted by Crippen LogP contribution is -2.48. The Morgan fingerprint density at radius 3 is 2.74 bits per heavy atom. The van der Waals surface area contributed by atoms with E-state index in [0.717, 1.165) is 24.3 Å². The highest BCUT2D eigenvalue weighted by Crippen LogP contribution is 2.49. The van der Waals surface area contributed by atoms with E-state index in [9.17, 15) is 32.3 Å². The molecule has 0 bridgehead atoms. The van der Waals surface area contributed by atoms with Crippen LogP contribution in [0, 0.1) is 5.82 Å². The zero-order valence-electron chi connectivity index (χ0n) is 23.6. The van der Waals surface area contributed by atoms with Gasteiger partial charge in [0.25, 0.3) is 0 Å². The van der Waals surface area contributed by atoms with Crippen molar-refractivity contribution in [3.8, 4) is 0 Å². The monoisotopic (exact) mass is 598 g/mol. The summed E-state index contributed by atoms with van der Waals surface area (Å²) in [5.41, 5.74) is -3.96. The van der Waals surface area contributed by atoms with Crippen LogP contribution in [0.15, 0.2) is 60.7 Å². The number of carbonyl (C=O) groups is 1. The number of nitrogens with zero attached hydrogens (tertiary/aromatic N) is 2. The zero-order chi connectivity index (χ0) is 31.8. The van der Waals surface area contributed by atoms with Gasteiger partial charge in [-0.3, -0.25) is 9.88 Å². The molecular formula is C30H21ClF4N4O3. The number of aromatic nitrogens is 1. The van der Waals surface area contributed by atoms with Crippen LogP contribution in [-0.2, 0) is 16.8 Å². The van der Waals surface area contributed by atoms with E-state index in [1.165, 1.54) is 24.3 Å². The third-order valence-electron chi connectivity index (χ3n) is 7.32. The number of fused-ring (bicyclic) bond motifs is 4. The van der Waals surface area contributed by atoms with Crippen molar-refractivity contribution in [2.24, 2.45) is 0 Å². The van der Waals surface area contributed by atoms with E-state index in [1.807, 2.05) is 12.9 Å². The number of hydrogen-bond acceptors (Lipinski definition) is 5. The molecule has 1 aromatic heterocycles. The van der Waals surface area contributed by atoms with Gasteiger partial charge in [-0.25, -0.2) is 14.0 Å². The number of β-amino-alcohol motifs (C(OH)–C–C–N with tert-alkyl or cyclic N) is 1. The Labute approximate surface area is 244 Å². The number of hydrogen-bond donors (Lipinski definition) is 3. The third-order valence-corrected chi connectivity index (χ3v) is 7.66. The molecular weight excluding hydrogens is 576 g/mol. The lowest BCUT2D eigenvalue weighted by molar-refractivity contribution is -0.258. The summed E-state index contributed by atoms with van der Waals surface area (Å²) in [4.78, 5) is 30.8. The van der Waals surface area contributed by atoms with E-state index >= 15 is 0 Å². The minimum atomic E-state index is -5.50. The number of aryl methyl sites for hydroxylation is 1. The van der Waals surface area contributed by atoms with Crippen LogP contribution in [0.3, 0.4) is 0 Å². The van der Waals surface area contributed by atoms with Crippen molar-refractivity contribution in [3.63, 3.8) is 0 Å². The number of pyridine rings is 1. The van der Waals surface area contributed by atoms with Crippen LogP contribution in [-0.4, -0.2) is 34.7 Å². The number of carbonyl (C=O) groups excluding carboxylic acids is 2. The molecule has 0 saturated carbocycles. The number of para-hydroxylation sites is 1. The number of anilines is 2. The fourth-order valence-electron chi connectivity index (χ4n) is 5.34. The van der Waals surface area contributed by atoms with Gasteiger partial charge in [0.2, 0.25) is 5.60 Å². The number of amides is 2. The molecule has 4 aromatic rings. The van der Waals surface area contributed by atoms with Gasteiger partial charge in [0.15, 0.2) is 5.94 Å². The summed E-state index contributed by atoms with van der Waals surface area (Å²) in [7, 11) is 0. The first-order chi connectivity index (χ1) is 20.7. The van der Waals surface area contributed by atoms with E-state index in [2.05, 4.69) is 15.6 Å². The van der Waals surface area contributed by atoms with Crippen LogP contribution < -0.4 is 15.5 Å². The number of aliphatic hydroxyl groups is 1. The Balaban J connectivity index is 1.57. The summed E-state index contributed by atoms with van der Waals surface area (Å²) >= 11 is 6.41. The van der Waals surface area contributed by atoms with Crippen LogP contribution in [0.2, 0.25) is 5.02 Å². The number of alkyl halides is 3. The third kappa shape index (κ3) is 4.20. The van der Waals surface area contributed by atoms with Crippen LogP contribution in [0.25, 0.3) is 16.6 Å². The Morgan fingerprint density at radius 2 is 2.02 bits per heavy atom. The topological polar surface area (TPSA) is 94.6 Å². The second kappa shape index (κ2) is 9.84. The number of halogens is 5. The van der Waals surface area contributed by atoms with Gasteiger partial charge in [0.1, 0.15) is 11.5 Å². The van der Waals surface area contributed by atoms with Gasteiger partial charge < -0.3 is 15.7 Å². The van der Waals surface area contributed by atoms with Crippen molar-refractivity contribution < 1.29 is 35.0 Å². The molecule has 214 valence electrons. The molecule has 0 fully saturated rings. The van der Waals surface area contributed by atoms with Crippen molar-refractivity contribution >= 4 is 51.5 Å². The van der Waals surface area contributed by atoms with Crippen molar-refractivity contribution in [1.29, 1.82) is 0 Å². The molecule has 12 heteroatoms. The van der Waals surface area contributed by atoms with Crippen molar-refractivity contribution in [3.05, 3.63) is 99.5 Å². The lowest BCUT2D eigenvalue weighted by atomic mass is 9.93. The van der Waals surface area contributed by atoms with Crippen molar-refractivity contribution in [2.75, 3.05) is 16.7 Å². The van der Waals surface area contributed by atoms with Gasteiger partial charge in [-0.2, -0.15) is 13.2 Å². The molecule has 0 aliphatic carbocycles. The Bertz CT molecular complexity index is 1930. The van der Waals surface area contributed by atoms with E-state index < -0.39 is 47.4 Å². The molecule has 0 radical (unpaired) electrons. The number of nitrogens with one attached hydrogen (secondary N) is 2. The van der Waals surface area contributed by atoms with E-state index in [-0.39, 0.29) is 38.0 Å². The maximum Gasteiger partial charge on any atom is 0.423 e. The maximum atomic E-state index is 14.4. The molecule has 6 rings (SSSR count). The number of urea groups is 1. The fourth-order valence-corrected chi connectivity index (χ4v) is 5.57. The summed E-state index contributed by atoms with van der Waals surface area (Å²) < 4.78 is 73.9. The summed E-state index contributed by atoms with van der Waals surface area (Å²) in [6.45, 7) is -1.83. The van der Waals surface area contributed by atoms with Crippen LogP contribution in [0.1, 0.15) is 43.7 Å². The van der Waals surface area contributed by atoms with E-state index in [4.69, 9.17) is 14.3 Å².